The number of halogens is 3. The van der Waals surface area contributed by atoms with Gasteiger partial charge in [-0.05, 0) is 79.0 Å². The van der Waals surface area contributed by atoms with Crippen LogP contribution in [0.2, 0.25) is 0 Å². The number of benzene rings is 2. The second kappa shape index (κ2) is 9.32. The Morgan fingerprint density at radius 1 is 0.929 bits per heavy atom. The molecule has 2 aromatic carbocycles. The molecule has 0 heterocycles. The van der Waals surface area contributed by atoms with Crippen LogP contribution in [0.25, 0.3) is 0 Å². The number of rotatable bonds is 4. The van der Waals surface area contributed by atoms with Gasteiger partial charge in [-0.2, -0.15) is 0 Å². The molecule has 0 aromatic heterocycles. The second-order valence-corrected chi connectivity index (χ2v) is 8.06. The summed E-state index contributed by atoms with van der Waals surface area (Å²) in [6.45, 7) is 4.44. The van der Waals surface area contributed by atoms with Crippen LogP contribution in [0, 0.1) is 47.0 Å². The molecule has 1 aliphatic carbocycles. The summed E-state index contributed by atoms with van der Waals surface area (Å²) in [7, 11) is 0. The molecule has 28 heavy (non-hydrogen) atoms. The first-order valence-corrected chi connectivity index (χ1v) is 10.2. The van der Waals surface area contributed by atoms with E-state index in [9.17, 15) is 13.2 Å². The van der Waals surface area contributed by atoms with Crippen LogP contribution in [0.4, 0.5) is 13.2 Å². The lowest BCUT2D eigenvalue weighted by Gasteiger charge is -2.32. The van der Waals surface area contributed by atoms with Crippen LogP contribution in [-0.2, 0) is 6.42 Å². The van der Waals surface area contributed by atoms with E-state index in [1.807, 2.05) is 0 Å². The molecule has 1 fully saturated rings. The minimum atomic E-state index is -0.633. The Labute approximate surface area is 166 Å². The van der Waals surface area contributed by atoms with E-state index < -0.39 is 11.6 Å². The summed E-state index contributed by atoms with van der Waals surface area (Å²) in [5.41, 5.74) is 0.970. The molecule has 0 spiro atoms. The Bertz CT molecular complexity index is 827. The molecule has 0 saturated heterocycles. The van der Waals surface area contributed by atoms with Crippen molar-refractivity contribution in [3.05, 3.63) is 70.5 Å². The molecule has 0 nitrogen and oxygen atoms in total. The van der Waals surface area contributed by atoms with Gasteiger partial charge in [-0.25, -0.2) is 13.2 Å². The van der Waals surface area contributed by atoms with Crippen LogP contribution in [-0.4, -0.2) is 0 Å². The normalized spacial score (nSPS) is 20.3. The third kappa shape index (κ3) is 5.19. The van der Waals surface area contributed by atoms with Crippen LogP contribution in [0.5, 0.6) is 0 Å². The molecule has 2 aromatic rings. The summed E-state index contributed by atoms with van der Waals surface area (Å²) >= 11 is 0. The van der Waals surface area contributed by atoms with E-state index in [0.29, 0.717) is 29.4 Å². The maximum atomic E-state index is 14.5. The minimum Gasteiger partial charge on any atom is -0.207 e. The Balaban J connectivity index is 1.69. The van der Waals surface area contributed by atoms with Crippen molar-refractivity contribution >= 4 is 0 Å². The Morgan fingerprint density at radius 3 is 2.11 bits per heavy atom. The zero-order chi connectivity index (χ0) is 20.1. The van der Waals surface area contributed by atoms with Gasteiger partial charge in [0, 0.05) is 5.56 Å². The predicted octanol–water partition coefficient (Wildman–Crippen LogP) is 6.90. The fraction of sp³-hybridized carbons (Fsp3) is 0.440. The lowest BCUT2D eigenvalue weighted by Crippen LogP contribution is -2.21. The van der Waals surface area contributed by atoms with Gasteiger partial charge in [-0.3, -0.25) is 0 Å². The van der Waals surface area contributed by atoms with Gasteiger partial charge in [0.25, 0.3) is 0 Å². The average molecular weight is 384 g/mol. The van der Waals surface area contributed by atoms with Crippen molar-refractivity contribution in [1.29, 1.82) is 0 Å². The largest absolute Gasteiger partial charge is 0.207 e. The van der Waals surface area contributed by atoms with Gasteiger partial charge in [-0.15, -0.1) is 0 Å². The third-order valence-electron chi connectivity index (χ3n) is 6.11. The monoisotopic (exact) mass is 384 g/mol. The van der Waals surface area contributed by atoms with E-state index in [2.05, 4.69) is 25.7 Å². The average Bonchev–Trinajstić information content (AvgIpc) is 2.68. The summed E-state index contributed by atoms with van der Waals surface area (Å²) in [5.74, 6) is 5.49. The van der Waals surface area contributed by atoms with Crippen LogP contribution < -0.4 is 0 Å². The molecule has 3 heteroatoms. The maximum absolute atomic E-state index is 14.5. The lowest BCUT2D eigenvalue weighted by molar-refractivity contribution is 0.210. The zero-order valence-corrected chi connectivity index (χ0v) is 16.6. The second-order valence-electron chi connectivity index (χ2n) is 8.06. The Morgan fingerprint density at radius 2 is 1.54 bits per heavy atom. The summed E-state index contributed by atoms with van der Waals surface area (Å²) in [6, 6.07) is 8.34. The van der Waals surface area contributed by atoms with Gasteiger partial charge in [0.2, 0.25) is 0 Å². The van der Waals surface area contributed by atoms with E-state index in [0.717, 1.165) is 5.92 Å². The molecule has 1 atom stereocenters. The fourth-order valence-corrected chi connectivity index (χ4v) is 4.23. The highest BCUT2D eigenvalue weighted by Gasteiger charge is 2.25. The van der Waals surface area contributed by atoms with Crippen molar-refractivity contribution in [3.8, 4) is 11.8 Å². The molecule has 1 unspecified atom stereocenters. The first kappa shape index (κ1) is 20.5. The zero-order valence-electron chi connectivity index (χ0n) is 16.6. The van der Waals surface area contributed by atoms with E-state index in [4.69, 9.17) is 0 Å². The Kier molecular flexibility index (Phi) is 6.83. The molecule has 148 valence electrons. The summed E-state index contributed by atoms with van der Waals surface area (Å²) in [6.07, 6.45) is 6.90. The SMILES string of the molecule is CCC1CCC(C(C)Cc2cc(F)c(C#Cc3ccc(F)cc3)c(F)c2)CC1. The molecular weight excluding hydrogens is 357 g/mol. The highest BCUT2D eigenvalue weighted by molar-refractivity contribution is 5.45. The molecule has 1 aliphatic rings. The van der Waals surface area contributed by atoms with Crippen LogP contribution in [0.15, 0.2) is 36.4 Å². The first-order chi connectivity index (χ1) is 13.5. The van der Waals surface area contributed by atoms with Crippen LogP contribution in [0.1, 0.15) is 62.6 Å². The summed E-state index contributed by atoms with van der Waals surface area (Å²) < 4.78 is 41.9. The lowest BCUT2D eigenvalue weighted by atomic mass is 9.74. The van der Waals surface area contributed by atoms with E-state index >= 15 is 0 Å². The van der Waals surface area contributed by atoms with Gasteiger partial charge in [0.1, 0.15) is 17.5 Å². The third-order valence-corrected chi connectivity index (χ3v) is 6.11. The molecular formula is C25H27F3. The van der Waals surface area contributed by atoms with E-state index in [1.54, 1.807) is 0 Å². The Hall–Kier alpha value is -2.21. The van der Waals surface area contributed by atoms with Gasteiger partial charge in [0.05, 0.1) is 5.56 Å². The smallest absolute Gasteiger partial charge is 0.142 e. The maximum Gasteiger partial charge on any atom is 0.142 e. The number of hydrogen-bond donors (Lipinski definition) is 0. The van der Waals surface area contributed by atoms with Crippen molar-refractivity contribution in [1.82, 2.24) is 0 Å². The predicted molar refractivity (Wildman–Crippen MR) is 107 cm³/mol. The van der Waals surface area contributed by atoms with Gasteiger partial charge >= 0.3 is 0 Å². The van der Waals surface area contributed by atoms with Crippen molar-refractivity contribution in [2.75, 3.05) is 0 Å². The van der Waals surface area contributed by atoms with E-state index in [1.165, 1.54) is 68.5 Å². The van der Waals surface area contributed by atoms with Gasteiger partial charge in [-0.1, -0.05) is 45.0 Å². The molecule has 1 saturated carbocycles. The molecule has 0 N–H and O–H groups in total. The van der Waals surface area contributed by atoms with Crippen LogP contribution in [0.3, 0.4) is 0 Å². The number of hydrogen-bond acceptors (Lipinski definition) is 0. The summed E-state index contributed by atoms with van der Waals surface area (Å²) in [4.78, 5) is 0. The van der Waals surface area contributed by atoms with Gasteiger partial charge < -0.3 is 0 Å². The molecule has 0 bridgehead atoms. The van der Waals surface area contributed by atoms with Gasteiger partial charge in [0.15, 0.2) is 0 Å². The quantitative estimate of drug-likeness (QED) is 0.503. The molecule has 3 rings (SSSR count). The molecule has 0 radical (unpaired) electrons. The summed E-state index contributed by atoms with van der Waals surface area (Å²) in [5, 5.41) is 0. The van der Waals surface area contributed by atoms with E-state index in [-0.39, 0.29) is 11.4 Å². The first-order valence-electron chi connectivity index (χ1n) is 10.2. The topological polar surface area (TPSA) is 0 Å². The van der Waals surface area contributed by atoms with Crippen molar-refractivity contribution in [2.45, 2.75) is 52.4 Å². The van der Waals surface area contributed by atoms with Crippen molar-refractivity contribution in [2.24, 2.45) is 17.8 Å². The molecule has 0 amide bonds. The standard InChI is InChI=1S/C25H27F3/c1-3-18-4-9-21(10-5-18)17(2)14-20-15-24(27)23(25(28)16-20)13-8-19-6-11-22(26)12-7-19/h6-7,11-12,15-18,21H,3-5,9-10,14H2,1-2H3. The molecule has 0 aliphatic heterocycles. The highest BCUT2D eigenvalue weighted by atomic mass is 19.1. The minimum absolute atomic E-state index is 0.232. The highest BCUT2D eigenvalue weighted by Crippen LogP contribution is 2.36. The van der Waals surface area contributed by atoms with Crippen molar-refractivity contribution in [3.63, 3.8) is 0 Å². The van der Waals surface area contributed by atoms with Crippen molar-refractivity contribution < 1.29 is 13.2 Å². The van der Waals surface area contributed by atoms with Crippen LogP contribution >= 0.6 is 0 Å². The fourth-order valence-electron chi connectivity index (χ4n) is 4.23.